The van der Waals surface area contributed by atoms with Crippen molar-refractivity contribution >= 4 is 10.9 Å². The molecule has 3 rings (SSSR count). The van der Waals surface area contributed by atoms with E-state index in [-0.39, 0.29) is 23.7 Å². The summed E-state index contributed by atoms with van der Waals surface area (Å²) in [6.45, 7) is 2.84. The predicted molar refractivity (Wildman–Crippen MR) is 95.5 cm³/mol. The van der Waals surface area contributed by atoms with Crippen molar-refractivity contribution in [3.63, 3.8) is 0 Å². The number of aromatic hydroxyl groups is 1. The van der Waals surface area contributed by atoms with E-state index in [4.69, 9.17) is 0 Å². The van der Waals surface area contributed by atoms with Crippen LogP contribution in [0.3, 0.4) is 0 Å². The highest BCUT2D eigenvalue weighted by atomic mass is 35.5. The molecule has 0 atom stereocenters. The standard InChI is InChI=1S/C20H22N2O2.ClH/c1-2-3-4-10-15-22-17-12-7-6-11-16(17)19(23)18(20(22)24)21-13-8-5-9-14-21;/h5-9,11-14H,2-4,10,15H2,1H3;1H. The Morgan fingerprint density at radius 1 is 1.00 bits per heavy atom. The largest absolute Gasteiger partial charge is 1.00 e. The molecular formula is C20H23ClN2O2. The molecule has 132 valence electrons. The number of rotatable bonds is 6. The molecule has 0 fully saturated rings. The quantitative estimate of drug-likeness (QED) is 0.517. The molecule has 2 aromatic heterocycles. The van der Waals surface area contributed by atoms with E-state index in [1.807, 2.05) is 42.5 Å². The summed E-state index contributed by atoms with van der Waals surface area (Å²) >= 11 is 0. The average molecular weight is 359 g/mol. The van der Waals surface area contributed by atoms with Gasteiger partial charge in [-0.05, 0) is 18.6 Å². The lowest BCUT2D eigenvalue weighted by molar-refractivity contribution is -0.597. The SMILES string of the molecule is CCCCCCn1c(=O)c(-[n+]2ccccc2)c(O)c2ccccc21.[Cl-]. The lowest BCUT2D eigenvalue weighted by atomic mass is 10.1. The van der Waals surface area contributed by atoms with Gasteiger partial charge in [-0.25, -0.2) is 0 Å². The van der Waals surface area contributed by atoms with E-state index in [1.165, 1.54) is 6.42 Å². The van der Waals surface area contributed by atoms with Gasteiger partial charge >= 0.3 is 11.2 Å². The van der Waals surface area contributed by atoms with Crippen LogP contribution in [0.1, 0.15) is 32.6 Å². The second-order valence-electron chi connectivity index (χ2n) is 6.01. The van der Waals surface area contributed by atoms with Crippen LogP contribution >= 0.6 is 0 Å². The maximum atomic E-state index is 13.1. The van der Waals surface area contributed by atoms with Crippen LogP contribution in [0.4, 0.5) is 0 Å². The predicted octanol–water partition coefficient (Wildman–Crippen LogP) is 0.568. The van der Waals surface area contributed by atoms with Crippen LogP contribution in [-0.4, -0.2) is 9.67 Å². The van der Waals surface area contributed by atoms with Gasteiger partial charge in [-0.15, -0.1) is 0 Å². The molecule has 4 nitrogen and oxygen atoms in total. The fourth-order valence-corrected chi connectivity index (χ4v) is 3.07. The zero-order valence-electron chi connectivity index (χ0n) is 14.4. The Labute approximate surface area is 153 Å². The zero-order chi connectivity index (χ0) is 16.9. The molecule has 0 saturated carbocycles. The van der Waals surface area contributed by atoms with Crippen molar-refractivity contribution in [1.82, 2.24) is 4.57 Å². The van der Waals surface area contributed by atoms with Gasteiger partial charge in [0.2, 0.25) is 5.75 Å². The third kappa shape index (κ3) is 3.85. The van der Waals surface area contributed by atoms with Gasteiger partial charge in [0.1, 0.15) is 0 Å². The van der Waals surface area contributed by atoms with Crippen LogP contribution in [0.5, 0.6) is 5.75 Å². The van der Waals surface area contributed by atoms with Gasteiger partial charge in [-0.3, -0.25) is 4.79 Å². The molecular weight excluding hydrogens is 336 g/mol. The maximum absolute atomic E-state index is 13.1. The minimum Gasteiger partial charge on any atom is -1.00 e. The minimum absolute atomic E-state index is 0. The molecule has 3 aromatic rings. The number of hydrogen-bond donors (Lipinski definition) is 1. The summed E-state index contributed by atoms with van der Waals surface area (Å²) in [4.78, 5) is 13.1. The number of benzene rings is 1. The average Bonchev–Trinajstić information content (AvgIpc) is 2.62. The molecule has 2 heterocycles. The van der Waals surface area contributed by atoms with Crippen molar-refractivity contribution in [3.05, 3.63) is 65.2 Å². The van der Waals surface area contributed by atoms with E-state index in [2.05, 4.69) is 6.92 Å². The van der Waals surface area contributed by atoms with E-state index in [1.54, 1.807) is 21.5 Å². The normalized spacial score (nSPS) is 10.6. The lowest BCUT2D eigenvalue weighted by Crippen LogP contribution is -3.00. The van der Waals surface area contributed by atoms with Crippen molar-refractivity contribution in [2.45, 2.75) is 39.2 Å². The number of fused-ring (bicyclic) bond motifs is 1. The Morgan fingerprint density at radius 3 is 2.44 bits per heavy atom. The van der Waals surface area contributed by atoms with Crippen LogP contribution in [0, 0.1) is 0 Å². The van der Waals surface area contributed by atoms with Gasteiger partial charge in [-0.2, -0.15) is 4.57 Å². The van der Waals surface area contributed by atoms with Crippen molar-refractivity contribution in [1.29, 1.82) is 0 Å². The second kappa shape index (κ2) is 8.67. The summed E-state index contributed by atoms with van der Waals surface area (Å²) in [5.74, 6) is 0.0385. The fourth-order valence-electron chi connectivity index (χ4n) is 3.07. The van der Waals surface area contributed by atoms with Gasteiger partial charge < -0.3 is 22.1 Å². The molecule has 1 N–H and O–H groups in total. The van der Waals surface area contributed by atoms with Crippen molar-refractivity contribution in [2.24, 2.45) is 0 Å². The minimum atomic E-state index is -0.154. The topological polar surface area (TPSA) is 46.1 Å². The Hall–Kier alpha value is -2.33. The number of unbranched alkanes of at least 4 members (excludes halogenated alkanes) is 3. The molecule has 1 aromatic carbocycles. The Balaban J connectivity index is 0.00000225. The first kappa shape index (κ1) is 19.0. The van der Waals surface area contributed by atoms with Gasteiger partial charge in [0.15, 0.2) is 12.4 Å². The smallest absolute Gasteiger partial charge is 0.327 e. The molecule has 5 heteroatoms. The van der Waals surface area contributed by atoms with E-state index in [0.29, 0.717) is 17.6 Å². The van der Waals surface area contributed by atoms with Gasteiger partial charge in [0.05, 0.1) is 5.52 Å². The molecule has 0 saturated heterocycles. The Kier molecular flexibility index (Phi) is 6.59. The maximum Gasteiger partial charge on any atom is 0.327 e. The number of para-hydroxylation sites is 1. The van der Waals surface area contributed by atoms with E-state index >= 15 is 0 Å². The number of nitrogens with zero attached hydrogens (tertiary/aromatic N) is 2. The highest BCUT2D eigenvalue weighted by Gasteiger charge is 2.23. The number of halogens is 1. The van der Waals surface area contributed by atoms with Gasteiger partial charge in [-0.1, -0.05) is 44.4 Å². The van der Waals surface area contributed by atoms with Crippen LogP contribution in [0.25, 0.3) is 16.6 Å². The molecule has 0 amide bonds. The van der Waals surface area contributed by atoms with Gasteiger partial charge in [0.25, 0.3) is 0 Å². The highest BCUT2D eigenvalue weighted by Crippen LogP contribution is 2.26. The molecule has 0 radical (unpaired) electrons. The first-order valence-corrected chi connectivity index (χ1v) is 8.55. The van der Waals surface area contributed by atoms with Gasteiger partial charge in [0, 0.05) is 24.1 Å². The molecule has 25 heavy (non-hydrogen) atoms. The number of aromatic nitrogens is 2. The van der Waals surface area contributed by atoms with Crippen LogP contribution < -0.4 is 22.5 Å². The van der Waals surface area contributed by atoms with E-state index in [0.717, 1.165) is 24.8 Å². The summed E-state index contributed by atoms with van der Waals surface area (Å²) in [7, 11) is 0. The summed E-state index contributed by atoms with van der Waals surface area (Å²) in [6, 6.07) is 13.1. The molecule has 0 spiro atoms. The summed E-state index contributed by atoms with van der Waals surface area (Å²) in [5, 5.41) is 11.4. The zero-order valence-corrected chi connectivity index (χ0v) is 15.1. The lowest BCUT2D eigenvalue weighted by Gasteiger charge is -2.12. The molecule has 0 bridgehead atoms. The number of pyridine rings is 2. The Bertz CT molecular complexity index is 891. The van der Waals surface area contributed by atoms with E-state index < -0.39 is 0 Å². The van der Waals surface area contributed by atoms with E-state index in [9.17, 15) is 9.90 Å². The van der Waals surface area contributed by atoms with Crippen molar-refractivity contribution < 1.29 is 22.1 Å². The highest BCUT2D eigenvalue weighted by molar-refractivity contribution is 5.87. The fraction of sp³-hybridized carbons (Fsp3) is 0.300. The Morgan fingerprint density at radius 2 is 1.72 bits per heavy atom. The number of aryl methyl sites for hydroxylation is 1. The molecule has 0 unspecified atom stereocenters. The summed E-state index contributed by atoms with van der Waals surface area (Å²) in [6.07, 6.45) is 7.97. The summed E-state index contributed by atoms with van der Waals surface area (Å²) in [5.41, 5.74) is 0.945. The van der Waals surface area contributed by atoms with Crippen molar-refractivity contribution in [2.75, 3.05) is 0 Å². The second-order valence-corrected chi connectivity index (χ2v) is 6.01. The molecule has 0 aliphatic carbocycles. The molecule has 0 aliphatic rings. The summed E-state index contributed by atoms with van der Waals surface area (Å²) < 4.78 is 3.48. The van der Waals surface area contributed by atoms with Crippen LogP contribution in [-0.2, 0) is 6.54 Å². The van der Waals surface area contributed by atoms with Crippen LogP contribution in [0.15, 0.2) is 59.7 Å². The first-order valence-electron chi connectivity index (χ1n) is 8.55. The number of hydrogen-bond acceptors (Lipinski definition) is 2. The van der Waals surface area contributed by atoms with Crippen molar-refractivity contribution in [3.8, 4) is 11.4 Å². The molecule has 0 aliphatic heterocycles. The van der Waals surface area contributed by atoms with Crippen LogP contribution in [0.2, 0.25) is 0 Å². The monoisotopic (exact) mass is 358 g/mol. The third-order valence-corrected chi connectivity index (χ3v) is 4.33. The third-order valence-electron chi connectivity index (χ3n) is 4.33. The first-order chi connectivity index (χ1) is 11.7.